The molecule has 22 heavy (non-hydrogen) atoms. The first-order chi connectivity index (χ1) is 10.4. The van der Waals surface area contributed by atoms with E-state index in [1.807, 2.05) is 12.3 Å². The summed E-state index contributed by atoms with van der Waals surface area (Å²) in [6, 6.07) is 4.59. The van der Waals surface area contributed by atoms with Crippen molar-refractivity contribution in [3.05, 3.63) is 28.8 Å². The second kappa shape index (κ2) is 9.45. The third-order valence-corrected chi connectivity index (χ3v) is 4.40. The molecule has 1 aliphatic rings. The molecule has 2 nitrogen and oxygen atoms in total. The Morgan fingerprint density at radius 1 is 1.36 bits per heavy atom. The standard InChI is InChI=1S/C17H25NO.2ClH.Zr/c1-5-17(3,4)15-10-12(2)9-13(16(15)19)11-18-14-7-6-8-14;;;/h9-11,14,19H,5-8H2,1-4H3;2*1H;/q;;;+2/p-2. The number of halogens is 2. The molecule has 0 saturated heterocycles. The van der Waals surface area contributed by atoms with Crippen molar-refractivity contribution in [3.63, 3.8) is 0 Å². The first-order valence-electron chi connectivity index (χ1n) is 7.69. The minimum atomic E-state index is -0.826. The van der Waals surface area contributed by atoms with Gasteiger partial charge >= 0.3 is 37.9 Å². The van der Waals surface area contributed by atoms with Crippen molar-refractivity contribution < 1.29 is 26.0 Å². The molecular formula is C17H25Cl2NOZr. The van der Waals surface area contributed by atoms with E-state index >= 15 is 0 Å². The zero-order valence-electron chi connectivity index (χ0n) is 13.8. The van der Waals surface area contributed by atoms with Crippen molar-refractivity contribution in [2.24, 2.45) is 4.99 Å². The maximum absolute atomic E-state index is 10.5. The van der Waals surface area contributed by atoms with Crippen LogP contribution in [0.5, 0.6) is 5.75 Å². The van der Waals surface area contributed by atoms with E-state index in [-0.39, 0.29) is 5.41 Å². The molecule has 0 spiro atoms. The van der Waals surface area contributed by atoms with Crippen LogP contribution in [0.25, 0.3) is 0 Å². The van der Waals surface area contributed by atoms with Gasteiger partial charge in [-0.05, 0) is 49.7 Å². The van der Waals surface area contributed by atoms with Crippen molar-refractivity contribution >= 4 is 23.2 Å². The van der Waals surface area contributed by atoms with Gasteiger partial charge in [0.25, 0.3) is 0 Å². The summed E-state index contributed by atoms with van der Waals surface area (Å²) in [4.78, 5) is 4.57. The summed E-state index contributed by atoms with van der Waals surface area (Å²) in [6.45, 7) is 8.59. The fourth-order valence-electron chi connectivity index (χ4n) is 2.33. The second-order valence-corrected chi connectivity index (χ2v) is 10.2. The Bertz CT molecular complexity index is 514. The van der Waals surface area contributed by atoms with Crippen molar-refractivity contribution in [2.45, 2.75) is 64.8 Å². The van der Waals surface area contributed by atoms with Crippen molar-refractivity contribution in [3.8, 4) is 5.75 Å². The number of phenolic OH excluding ortho intramolecular Hbond substituents is 1. The van der Waals surface area contributed by atoms with Gasteiger partial charge in [-0.2, -0.15) is 0 Å². The molecule has 5 heteroatoms. The van der Waals surface area contributed by atoms with E-state index in [4.69, 9.17) is 17.0 Å². The van der Waals surface area contributed by atoms with Gasteiger partial charge in [-0.25, -0.2) is 0 Å². The van der Waals surface area contributed by atoms with Crippen LogP contribution in [-0.4, -0.2) is 17.4 Å². The van der Waals surface area contributed by atoms with Gasteiger partial charge in [-0.3, -0.25) is 4.99 Å². The van der Waals surface area contributed by atoms with Gasteiger partial charge in [-0.15, -0.1) is 0 Å². The average molecular weight is 422 g/mol. The van der Waals surface area contributed by atoms with Crippen LogP contribution in [0.2, 0.25) is 0 Å². The van der Waals surface area contributed by atoms with Crippen LogP contribution in [0, 0.1) is 6.92 Å². The number of nitrogens with zero attached hydrogens (tertiary/aromatic N) is 1. The predicted octanol–water partition coefficient (Wildman–Crippen LogP) is 5.74. The number of hydrogen-bond donors (Lipinski definition) is 1. The molecule has 0 bridgehead atoms. The molecule has 1 N–H and O–H groups in total. The Kier molecular flexibility index (Phi) is 8.68. The normalized spacial score (nSPS) is 15.2. The van der Waals surface area contributed by atoms with E-state index in [0.717, 1.165) is 17.5 Å². The zero-order chi connectivity index (χ0) is 16.8. The van der Waals surface area contributed by atoms with Crippen LogP contribution in [0.4, 0.5) is 0 Å². The van der Waals surface area contributed by atoms with Crippen molar-refractivity contribution in [1.82, 2.24) is 0 Å². The molecule has 1 aromatic carbocycles. The van der Waals surface area contributed by atoms with Crippen LogP contribution >= 0.6 is 17.0 Å². The molecule has 2 rings (SSSR count). The number of aryl methyl sites for hydroxylation is 1. The Morgan fingerprint density at radius 3 is 2.41 bits per heavy atom. The molecule has 0 radical (unpaired) electrons. The molecular weight excluding hydrogens is 396 g/mol. The number of aromatic hydroxyl groups is 1. The molecule has 1 fully saturated rings. The van der Waals surface area contributed by atoms with Gasteiger partial charge in [0.15, 0.2) is 0 Å². The fraction of sp³-hybridized carbons (Fsp3) is 0.588. The van der Waals surface area contributed by atoms with Crippen LogP contribution in [0.3, 0.4) is 0 Å². The Labute approximate surface area is 153 Å². The number of aliphatic imine (C=N–C) groups is 1. The Hall–Kier alpha value is 0.153. The van der Waals surface area contributed by atoms with E-state index in [9.17, 15) is 5.11 Å². The van der Waals surface area contributed by atoms with Gasteiger partial charge in [-0.1, -0.05) is 26.8 Å². The van der Waals surface area contributed by atoms with Crippen molar-refractivity contribution in [1.29, 1.82) is 0 Å². The van der Waals surface area contributed by atoms with Gasteiger partial charge in [0.1, 0.15) is 5.75 Å². The van der Waals surface area contributed by atoms with Gasteiger partial charge < -0.3 is 5.11 Å². The Balaban J connectivity index is 0.000000745. The molecule has 1 saturated carbocycles. The van der Waals surface area contributed by atoms with Crippen LogP contribution in [-0.2, 0) is 26.3 Å². The van der Waals surface area contributed by atoms with Crippen LogP contribution in [0.15, 0.2) is 17.1 Å². The summed E-state index contributed by atoms with van der Waals surface area (Å²) in [7, 11) is 9.87. The molecule has 0 aromatic heterocycles. The average Bonchev–Trinajstić information content (AvgIpc) is 2.41. The molecule has 122 valence electrons. The van der Waals surface area contributed by atoms with E-state index in [0.29, 0.717) is 11.8 Å². The summed E-state index contributed by atoms with van der Waals surface area (Å²) >= 11 is -0.826. The summed E-state index contributed by atoms with van der Waals surface area (Å²) in [6.07, 6.45) is 6.54. The van der Waals surface area contributed by atoms with Crippen LogP contribution < -0.4 is 0 Å². The number of rotatable bonds is 4. The third kappa shape index (κ3) is 5.66. The van der Waals surface area contributed by atoms with Gasteiger partial charge in [0.2, 0.25) is 0 Å². The third-order valence-electron chi connectivity index (χ3n) is 4.40. The summed E-state index contributed by atoms with van der Waals surface area (Å²) < 4.78 is 0. The molecule has 0 aliphatic heterocycles. The first-order valence-corrected chi connectivity index (χ1v) is 14.0. The molecule has 0 atom stereocenters. The number of hydrogen-bond acceptors (Lipinski definition) is 2. The van der Waals surface area contributed by atoms with E-state index in [2.05, 4.69) is 38.8 Å². The summed E-state index contributed by atoms with van der Waals surface area (Å²) in [5.74, 6) is 0.403. The number of phenols is 1. The topological polar surface area (TPSA) is 32.6 Å². The number of benzene rings is 1. The van der Waals surface area contributed by atoms with E-state index < -0.39 is 20.8 Å². The molecule has 1 aromatic rings. The molecule has 0 amide bonds. The SMILES string of the molecule is CCC(C)(C)c1cc(C)cc(C=NC2CCC2)c1O.[Cl][Zr][Cl]. The Morgan fingerprint density at radius 2 is 1.95 bits per heavy atom. The summed E-state index contributed by atoms with van der Waals surface area (Å²) in [5.41, 5.74) is 3.08. The predicted molar refractivity (Wildman–Crippen MR) is 93.1 cm³/mol. The van der Waals surface area contributed by atoms with Crippen LogP contribution in [0.1, 0.15) is 63.1 Å². The first kappa shape index (κ1) is 20.2. The molecule has 0 unspecified atom stereocenters. The van der Waals surface area contributed by atoms with Gasteiger partial charge in [0, 0.05) is 23.4 Å². The monoisotopic (exact) mass is 419 g/mol. The maximum atomic E-state index is 10.5. The summed E-state index contributed by atoms with van der Waals surface area (Å²) in [5, 5.41) is 10.5. The quantitative estimate of drug-likeness (QED) is 0.618. The molecule has 1 aliphatic carbocycles. The minimum absolute atomic E-state index is 0.00480. The van der Waals surface area contributed by atoms with Gasteiger partial charge in [0.05, 0.1) is 0 Å². The fourth-order valence-corrected chi connectivity index (χ4v) is 2.33. The van der Waals surface area contributed by atoms with Crippen molar-refractivity contribution in [2.75, 3.05) is 0 Å². The zero-order valence-corrected chi connectivity index (χ0v) is 17.8. The second-order valence-electron chi connectivity index (χ2n) is 6.42. The molecule has 0 heterocycles. The van der Waals surface area contributed by atoms with E-state index in [1.54, 1.807) is 0 Å². The van der Waals surface area contributed by atoms with E-state index in [1.165, 1.54) is 24.8 Å².